The Labute approximate surface area is 197 Å². The third-order valence-electron chi connectivity index (χ3n) is 6.66. The van der Waals surface area contributed by atoms with E-state index in [1.165, 1.54) is 17.7 Å². The third-order valence-corrected chi connectivity index (χ3v) is 6.66. The van der Waals surface area contributed by atoms with Crippen LogP contribution in [-0.4, -0.2) is 57.6 Å². The van der Waals surface area contributed by atoms with E-state index in [2.05, 4.69) is 0 Å². The molecule has 2 aliphatic heterocycles. The van der Waals surface area contributed by atoms with Gasteiger partial charge < -0.3 is 14.4 Å². The minimum atomic E-state index is -0.569. The smallest absolute Gasteiger partial charge is 0.272 e. The fourth-order valence-electron chi connectivity index (χ4n) is 4.49. The van der Waals surface area contributed by atoms with Crippen LogP contribution < -0.4 is 0 Å². The average molecular weight is 463 g/mol. The number of nitro benzene ring substituents is 1. The van der Waals surface area contributed by atoms with Crippen molar-refractivity contribution >= 4 is 11.6 Å². The van der Waals surface area contributed by atoms with E-state index < -0.39 is 10.7 Å². The molecule has 2 aromatic carbocycles. The van der Waals surface area contributed by atoms with Crippen molar-refractivity contribution in [3.05, 3.63) is 75.5 Å². The summed E-state index contributed by atoms with van der Waals surface area (Å²) in [4.78, 5) is 26.0. The van der Waals surface area contributed by atoms with E-state index in [9.17, 15) is 14.9 Å². The second-order valence-corrected chi connectivity index (χ2v) is 8.80. The lowest BCUT2D eigenvalue weighted by molar-refractivity contribution is -0.384. The first-order valence-corrected chi connectivity index (χ1v) is 11.3. The number of non-ortho nitro benzene ring substituents is 1. The summed E-state index contributed by atoms with van der Waals surface area (Å²) in [5, 5.41) is 15.8. The van der Waals surface area contributed by atoms with E-state index in [0.29, 0.717) is 56.2 Å². The summed E-state index contributed by atoms with van der Waals surface area (Å²) in [6, 6.07) is 13.9. The molecule has 2 fully saturated rings. The molecule has 3 heterocycles. The van der Waals surface area contributed by atoms with Gasteiger partial charge in [-0.15, -0.1) is 0 Å². The largest absolute Gasteiger partial charge is 0.347 e. The zero-order valence-electron chi connectivity index (χ0n) is 19.2. The van der Waals surface area contributed by atoms with Gasteiger partial charge >= 0.3 is 0 Å². The van der Waals surface area contributed by atoms with Crippen LogP contribution in [0.25, 0.3) is 16.9 Å². The monoisotopic (exact) mass is 462 g/mol. The van der Waals surface area contributed by atoms with Crippen molar-refractivity contribution in [3.63, 3.8) is 0 Å². The lowest BCUT2D eigenvalue weighted by Gasteiger charge is -2.37. The summed E-state index contributed by atoms with van der Waals surface area (Å²) < 4.78 is 13.2. The van der Waals surface area contributed by atoms with Crippen LogP contribution in [-0.2, 0) is 9.47 Å². The van der Waals surface area contributed by atoms with E-state index in [1.54, 1.807) is 27.8 Å². The number of ether oxygens (including phenoxy) is 2. The van der Waals surface area contributed by atoms with E-state index in [4.69, 9.17) is 14.6 Å². The van der Waals surface area contributed by atoms with Gasteiger partial charge in [-0.25, -0.2) is 4.68 Å². The van der Waals surface area contributed by atoms with Gasteiger partial charge in [-0.2, -0.15) is 5.10 Å². The van der Waals surface area contributed by atoms with Gasteiger partial charge in [-0.05, 0) is 49.2 Å². The molecule has 2 aliphatic rings. The third kappa shape index (κ3) is 4.08. The summed E-state index contributed by atoms with van der Waals surface area (Å²) in [7, 11) is 0. The Balaban J connectivity index is 1.50. The summed E-state index contributed by atoms with van der Waals surface area (Å²) in [6.07, 6.45) is 1.24. The average Bonchev–Trinajstić information content (AvgIpc) is 3.49. The summed E-state index contributed by atoms with van der Waals surface area (Å²) in [5.41, 5.74) is 4.85. The molecule has 2 saturated heterocycles. The lowest BCUT2D eigenvalue weighted by Crippen LogP contribution is -2.47. The molecule has 5 rings (SSSR count). The minimum absolute atomic E-state index is 0.0175. The first-order valence-electron chi connectivity index (χ1n) is 11.3. The summed E-state index contributed by atoms with van der Waals surface area (Å²) in [6.45, 7) is 6.28. The van der Waals surface area contributed by atoms with Crippen LogP contribution in [0.2, 0.25) is 0 Å². The molecule has 0 atom stereocenters. The molecule has 1 amide bonds. The highest BCUT2D eigenvalue weighted by Gasteiger charge is 2.41. The van der Waals surface area contributed by atoms with Gasteiger partial charge in [0.1, 0.15) is 5.69 Å². The van der Waals surface area contributed by atoms with Gasteiger partial charge in [-0.3, -0.25) is 14.9 Å². The highest BCUT2D eigenvalue weighted by molar-refractivity contribution is 5.94. The molecule has 0 radical (unpaired) electrons. The van der Waals surface area contributed by atoms with Crippen LogP contribution in [0.4, 0.5) is 5.69 Å². The SMILES string of the molecule is Cc1ccc(-c2cc(C(=O)N3CCC4(CC3)OCCO4)n(-c3ccc([N+](=O)[O-])cc3)n2)cc1C. The number of hydrogen-bond acceptors (Lipinski definition) is 6. The molecule has 0 aliphatic carbocycles. The van der Waals surface area contributed by atoms with Crippen LogP contribution in [0.1, 0.15) is 34.5 Å². The number of likely N-dealkylation sites (tertiary alicyclic amines) is 1. The predicted molar refractivity (Wildman–Crippen MR) is 125 cm³/mol. The Hall–Kier alpha value is -3.56. The molecule has 0 N–H and O–H groups in total. The Morgan fingerprint density at radius 2 is 1.68 bits per heavy atom. The Morgan fingerprint density at radius 3 is 2.29 bits per heavy atom. The zero-order chi connectivity index (χ0) is 23.9. The highest BCUT2D eigenvalue weighted by atomic mass is 16.7. The number of aromatic nitrogens is 2. The summed E-state index contributed by atoms with van der Waals surface area (Å²) in [5.74, 6) is -0.714. The molecular weight excluding hydrogens is 436 g/mol. The van der Waals surface area contributed by atoms with Crippen LogP contribution in [0, 0.1) is 24.0 Å². The molecule has 34 heavy (non-hydrogen) atoms. The van der Waals surface area contributed by atoms with Gasteiger partial charge in [-0.1, -0.05) is 12.1 Å². The van der Waals surface area contributed by atoms with Gasteiger partial charge in [0.25, 0.3) is 11.6 Å². The molecule has 3 aromatic rings. The zero-order valence-corrected chi connectivity index (χ0v) is 19.2. The molecular formula is C25H26N4O5. The minimum Gasteiger partial charge on any atom is -0.347 e. The van der Waals surface area contributed by atoms with Gasteiger partial charge in [0.05, 0.1) is 29.5 Å². The van der Waals surface area contributed by atoms with Crippen molar-refractivity contribution in [2.45, 2.75) is 32.5 Å². The van der Waals surface area contributed by atoms with E-state index in [-0.39, 0.29) is 11.6 Å². The van der Waals surface area contributed by atoms with Crippen molar-refractivity contribution in [2.24, 2.45) is 0 Å². The number of nitro groups is 1. The standard InChI is InChI=1S/C25H26N4O5/c1-17-3-4-19(15-18(17)2)22-16-23(28(26-22)20-5-7-21(8-6-20)29(31)32)24(30)27-11-9-25(10-12-27)33-13-14-34-25/h3-8,15-16H,9-14H2,1-2H3. The fourth-order valence-corrected chi connectivity index (χ4v) is 4.49. The topological polar surface area (TPSA) is 99.7 Å². The molecule has 9 nitrogen and oxygen atoms in total. The van der Waals surface area contributed by atoms with Crippen molar-refractivity contribution in [1.82, 2.24) is 14.7 Å². The molecule has 9 heteroatoms. The van der Waals surface area contributed by atoms with Crippen LogP contribution in [0.3, 0.4) is 0 Å². The van der Waals surface area contributed by atoms with Gasteiger partial charge in [0.2, 0.25) is 0 Å². The van der Waals surface area contributed by atoms with E-state index in [1.807, 2.05) is 32.0 Å². The predicted octanol–water partition coefficient (Wildman–Crippen LogP) is 4.04. The van der Waals surface area contributed by atoms with Crippen LogP contribution in [0.5, 0.6) is 0 Å². The molecule has 1 spiro atoms. The second kappa shape index (κ2) is 8.66. The van der Waals surface area contributed by atoms with Gasteiger partial charge in [0.15, 0.2) is 5.79 Å². The number of aryl methyl sites for hydroxylation is 2. The van der Waals surface area contributed by atoms with Crippen molar-refractivity contribution in [2.75, 3.05) is 26.3 Å². The number of carbonyl (C=O) groups excluding carboxylic acids is 1. The maximum Gasteiger partial charge on any atom is 0.272 e. The van der Waals surface area contributed by atoms with Crippen LogP contribution in [0.15, 0.2) is 48.5 Å². The quantitative estimate of drug-likeness (QED) is 0.429. The van der Waals surface area contributed by atoms with Gasteiger partial charge in [0, 0.05) is 43.6 Å². The van der Waals surface area contributed by atoms with Crippen molar-refractivity contribution in [3.8, 4) is 16.9 Å². The molecule has 0 unspecified atom stereocenters. The first kappa shape index (κ1) is 22.2. The first-order chi connectivity index (χ1) is 16.3. The Kier molecular flexibility index (Phi) is 5.66. The number of hydrogen-bond donors (Lipinski definition) is 0. The summed E-state index contributed by atoms with van der Waals surface area (Å²) >= 11 is 0. The maximum atomic E-state index is 13.6. The van der Waals surface area contributed by atoms with Crippen LogP contribution >= 0.6 is 0 Å². The maximum absolute atomic E-state index is 13.6. The number of amides is 1. The lowest BCUT2D eigenvalue weighted by atomic mass is 10.0. The van der Waals surface area contributed by atoms with E-state index >= 15 is 0 Å². The number of nitrogens with zero attached hydrogens (tertiary/aromatic N) is 4. The number of carbonyl (C=O) groups is 1. The van der Waals surface area contributed by atoms with Crippen molar-refractivity contribution < 1.29 is 19.2 Å². The molecule has 0 bridgehead atoms. The number of rotatable bonds is 4. The van der Waals surface area contributed by atoms with Crippen molar-refractivity contribution in [1.29, 1.82) is 0 Å². The molecule has 0 saturated carbocycles. The molecule has 176 valence electrons. The normalized spacial score (nSPS) is 17.3. The molecule has 1 aromatic heterocycles. The number of piperidine rings is 1. The Morgan fingerprint density at radius 1 is 1.00 bits per heavy atom. The van der Waals surface area contributed by atoms with E-state index in [0.717, 1.165) is 11.1 Å². The second-order valence-electron chi connectivity index (χ2n) is 8.80. The highest BCUT2D eigenvalue weighted by Crippen LogP contribution is 2.32. The fraction of sp³-hybridized carbons (Fsp3) is 0.360. The number of benzene rings is 2. The Bertz CT molecular complexity index is 1230.